The number of carbonyl (C=O) groups is 4. The lowest BCUT2D eigenvalue weighted by molar-refractivity contribution is -0.191. The van der Waals surface area contributed by atoms with E-state index in [1.54, 1.807) is 17.9 Å². The Balaban J connectivity index is 1.64. The highest BCUT2D eigenvalue weighted by Crippen LogP contribution is 2.28. The Morgan fingerprint density at radius 1 is 1.25 bits per heavy atom. The number of nitrogens with one attached hydrogen (secondary N) is 1. The molecule has 1 N–H and O–H groups in total. The summed E-state index contributed by atoms with van der Waals surface area (Å²) in [6, 6.07) is 4.35. The molecule has 0 aliphatic carbocycles. The number of carbonyl (C=O) groups excluding carboxylic acids is 4. The van der Waals surface area contributed by atoms with Gasteiger partial charge in [0.2, 0.25) is 5.91 Å². The second-order valence-electron chi connectivity index (χ2n) is 7.14. The van der Waals surface area contributed by atoms with Gasteiger partial charge in [0.25, 0.3) is 0 Å². The molecule has 1 atom stereocenters. The third-order valence-electron chi connectivity index (χ3n) is 4.89. The number of halogens is 1. The van der Waals surface area contributed by atoms with Crippen LogP contribution in [0.2, 0.25) is 0 Å². The number of hydrogen-bond donors (Lipinski definition) is 1. The zero-order valence-corrected chi connectivity index (χ0v) is 17.8. The minimum Gasteiger partial charge on any atom is -0.459 e. The lowest BCUT2D eigenvalue weighted by Crippen LogP contribution is -2.39. The fourth-order valence-electron chi connectivity index (χ4n) is 3.36. The van der Waals surface area contributed by atoms with Crippen molar-refractivity contribution in [3.05, 3.63) is 24.0 Å². The van der Waals surface area contributed by atoms with Gasteiger partial charge in [-0.05, 0) is 25.1 Å². The molecule has 2 aliphatic rings. The van der Waals surface area contributed by atoms with Gasteiger partial charge < -0.3 is 19.7 Å². The van der Waals surface area contributed by atoms with E-state index >= 15 is 0 Å². The highest BCUT2D eigenvalue weighted by molar-refractivity contribution is 6.32. The van der Waals surface area contributed by atoms with E-state index in [4.69, 9.17) is 9.57 Å². The summed E-state index contributed by atoms with van der Waals surface area (Å²) in [5.41, 5.74) is 0.594. The van der Waals surface area contributed by atoms with Crippen molar-refractivity contribution in [2.75, 3.05) is 55.7 Å². The first kappa shape index (κ1) is 23.3. The Morgan fingerprint density at radius 2 is 2.03 bits per heavy atom. The van der Waals surface area contributed by atoms with Crippen LogP contribution >= 0.6 is 0 Å². The summed E-state index contributed by atoms with van der Waals surface area (Å²) in [6.45, 7) is 4.00. The summed E-state index contributed by atoms with van der Waals surface area (Å²) in [4.78, 5) is 55.1. The molecule has 1 aromatic rings. The number of amides is 3. The predicted octanol–water partition coefficient (Wildman–Crippen LogP) is 0.430. The van der Waals surface area contributed by atoms with Gasteiger partial charge >= 0.3 is 18.0 Å². The molecule has 0 radical (unpaired) electrons. The standard InChI is InChI=1S/C20H25FN4O7/c1-3-30-19(28)18(27)25-7-6-23(8-9-31-25)17-5-4-14(10-16(17)21)24-12-15(32-20(24)29)11-22-13(2)26/h4-5,10,15H,3,6-9,11-12H2,1-2H3,(H,22,26)/t15-/m0/s1. The number of anilines is 2. The zero-order chi connectivity index (χ0) is 23.3. The first-order valence-corrected chi connectivity index (χ1v) is 10.2. The maximum Gasteiger partial charge on any atom is 0.414 e. The number of benzene rings is 1. The van der Waals surface area contributed by atoms with Crippen LogP contribution in [0, 0.1) is 5.82 Å². The van der Waals surface area contributed by atoms with Crippen LogP contribution in [-0.4, -0.2) is 81.0 Å². The fourth-order valence-corrected chi connectivity index (χ4v) is 3.36. The third kappa shape index (κ3) is 5.44. The highest BCUT2D eigenvalue weighted by Gasteiger charge is 2.33. The highest BCUT2D eigenvalue weighted by atomic mass is 19.1. The number of cyclic esters (lactones) is 1. The molecular weight excluding hydrogens is 427 g/mol. The Morgan fingerprint density at radius 3 is 2.72 bits per heavy atom. The first-order valence-electron chi connectivity index (χ1n) is 10.2. The van der Waals surface area contributed by atoms with Crippen LogP contribution < -0.4 is 15.1 Å². The molecule has 12 heteroatoms. The molecule has 174 valence electrons. The Labute approximate surface area is 183 Å². The maximum absolute atomic E-state index is 14.9. The molecule has 0 spiro atoms. The van der Waals surface area contributed by atoms with Crippen molar-refractivity contribution in [3.63, 3.8) is 0 Å². The van der Waals surface area contributed by atoms with Crippen molar-refractivity contribution < 1.29 is 37.9 Å². The van der Waals surface area contributed by atoms with Crippen molar-refractivity contribution in [1.82, 2.24) is 10.4 Å². The van der Waals surface area contributed by atoms with Gasteiger partial charge in [0, 0.05) is 20.0 Å². The Hall–Kier alpha value is -3.41. The van der Waals surface area contributed by atoms with Crippen LogP contribution in [0.4, 0.5) is 20.6 Å². The topological polar surface area (TPSA) is 118 Å². The molecule has 0 bridgehead atoms. The number of hydrogen-bond acceptors (Lipinski definition) is 8. The average Bonchev–Trinajstić information content (AvgIpc) is 2.96. The summed E-state index contributed by atoms with van der Waals surface area (Å²) < 4.78 is 24.8. The van der Waals surface area contributed by atoms with Crippen LogP contribution in [0.15, 0.2) is 18.2 Å². The molecule has 11 nitrogen and oxygen atoms in total. The zero-order valence-electron chi connectivity index (χ0n) is 17.8. The van der Waals surface area contributed by atoms with Gasteiger partial charge in [-0.25, -0.2) is 19.0 Å². The van der Waals surface area contributed by atoms with Gasteiger partial charge in [0.15, 0.2) is 0 Å². The summed E-state index contributed by atoms with van der Waals surface area (Å²) in [5.74, 6) is -2.72. The second kappa shape index (κ2) is 10.3. The van der Waals surface area contributed by atoms with Crippen molar-refractivity contribution in [2.24, 2.45) is 0 Å². The van der Waals surface area contributed by atoms with E-state index in [9.17, 15) is 23.6 Å². The lowest BCUT2D eigenvalue weighted by atomic mass is 10.2. The number of nitrogens with zero attached hydrogens (tertiary/aromatic N) is 3. The van der Waals surface area contributed by atoms with E-state index in [0.717, 1.165) is 5.06 Å². The van der Waals surface area contributed by atoms with Crippen molar-refractivity contribution in [2.45, 2.75) is 20.0 Å². The smallest absolute Gasteiger partial charge is 0.414 e. The third-order valence-corrected chi connectivity index (χ3v) is 4.89. The molecule has 2 fully saturated rings. The Kier molecular flexibility index (Phi) is 7.46. The minimum absolute atomic E-state index is 0.0438. The summed E-state index contributed by atoms with van der Waals surface area (Å²) in [7, 11) is 0. The molecular formula is C20H25FN4O7. The quantitative estimate of drug-likeness (QED) is 0.505. The van der Waals surface area contributed by atoms with Crippen LogP contribution in [0.25, 0.3) is 0 Å². The van der Waals surface area contributed by atoms with Gasteiger partial charge in [0.05, 0.1) is 44.2 Å². The lowest BCUT2D eigenvalue weighted by Gasteiger charge is -2.23. The number of ether oxygens (including phenoxy) is 2. The van der Waals surface area contributed by atoms with Gasteiger partial charge in [-0.15, -0.1) is 0 Å². The second-order valence-corrected chi connectivity index (χ2v) is 7.14. The SMILES string of the molecule is CCOC(=O)C(=O)N1CCN(c2ccc(N3C[C@H](CNC(C)=O)OC3=O)cc2F)CCO1. The van der Waals surface area contributed by atoms with Gasteiger partial charge in [-0.3, -0.25) is 19.3 Å². The molecule has 0 aromatic heterocycles. The van der Waals surface area contributed by atoms with E-state index in [0.29, 0.717) is 5.69 Å². The molecule has 32 heavy (non-hydrogen) atoms. The van der Waals surface area contributed by atoms with Gasteiger partial charge in [0.1, 0.15) is 11.9 Å². The van der Waals surface area contributed by atoms with Gasteiger partial charge in [-0.2, -0.15) is 0 Å². The normalized spacial score (nSPS) is 18.8. The largest absolute Gasteiger partial charge is 0.459 e. The molecule has 2 aliphatic heterocycles. The fraction of sp³-hybridized carbons (Fsp3) is 0.500. The monoisotopic (exact) mass is 452 g/mol. The summed E-state index contributed by atoms with van der Waals surface area (Å²) in [5, 5.41) is 3.50. The maximum atomic E-state index is 14.9. The van der Waals surface area contributed by atoms with Crippen molar-refractivity contribution in [1.29, 1.82) is 0 Å². The number of rotatable bonds is 5. The summed E-state index contributed by atoms with van der Waals surface area (Å²) in [6.07, 6.45) is -1.15. The number of hydroxylamine groups is 2. The van der Waals surface area contributed by atoms with Crippen molar-refractivity contribution in [3.8, 4) is 0 Å². The molecule has 2 heterocycles. The molecule has 0 saturated carbocycles. The Bertz CT molecular complexity index is 897. The van der Waals surface area contributed by atoms with E-state index in [-0.39, 0.29) is 57.5 Å². The minimum atomic E-state index is -1.01. The molecule has 2 saturated heterocycles. The molecule has 1 aromatic carbocycles. The molecule has 0 unspecified atom stereocenters. The molecule has 3 rings (SSSR count). The predicted molar refractivity (Wildman–Crippen MR) is 109 cm³/mol. The van der Waals surface area contributed by atoms with E-state index in [1.165, 1.54) is 24.0 Å². The van der Waals surface area contributed by atoms with Crippen LogP contribution in [0.3, 0.4) is 0 Å². The van der Waals surface area contributed by atoms with E-state index in [1.807, 2.05) is 0 Å². The van der Waals surface area contributed by atoms with Gasteiger partial charge in [-0.1, -0.05) is 0 Å². The van der Waals surface area contributed by atoms with Crippen LogP contribution in [0.1, 0.15) is 13.8 Å². The first-order chi connectivity index (χ1) is 15.3. The molecule has 3 amide bonds. The van der Waals surface area contributed by atoms with Crippen LogP contribution in [-0.2, 0) is 28.7 Å². The summed E-state index contributed by atoms with van der Waals surface area (Å²) >= 11 is 0. The van der Waals surface area contributed by atoms with Crippen LogP contribution in [0.5, 0.6) is 0 Å². The average molecular weight is 452 g/mol. The van der Waals surface area contributed by atoms with Crippen molar-refractivity contribution >= 4 is 35.3 Å². The number of esters is 1. The van der Waals surface area contributed by atoms with E-state index in [2.05, 4.69) is 10.1 Å². The van der Waals surface area contributed by atoms with E-state index < -0.39 is 29.9 Å².